The SMILES string of the molecule is C=CCn1nc(C(=O)N(C)C)c2c1CC[C@@H](NC1CCCCCC1)C2. The van der Waals surface area contributed by atoms with Crippen LogP contribution in [0.3, 0.4) is 0 Å². The maximum absolute atomic E-state index is 12.6. The number of carbonyl (C=O) groups excluding carboxylic acids is 1. The molecule has 1 aromatic rings. The number of allylic oxidation sites excluding steroid dienone is 1. The van der Waals surface area contributed by atoms with Crippen molar-refractivity contribution in [2.45, 2.75) is 76.4 Å². The first-order valence-electron chi connectivity index (χ1n) is 9.77. The molecule has 1 fully saturated rings. The molecule has 0 radical (unpaired) electrons. The molecule has 1 amide bonds. The molecule has 25 heavy (non-hydrogen) atoms. The predicted molar refractivity (Wildman–Crippen MR) is 101 cm³/mol. The van der Waals surface area contributed by atoms with Gasteiger partial charge in [0.1, 0.15) is 0 Å². The third-order valence-corrected chi connectivity index (χ3v) is 5.58. The monoisotopic (exact) mass is 344 g/mol. The highest BCUT2D eigenvalue weighted by Gasteiger charge is 2.30. The number of amides is 1. The lowest BCUT2D eigenvalue weighted by Crippen LogP contribution is -2.42. The zero-order valence-corrected chi connectivity index (χ0v) is 15.8. The van der Waals surface area contributed by atoms with E-state index in [4.69, 9.17) is 0 Å². The average molecular weight is 345 g/mol. The number of rotatable bonds is 5. The molecule has 1 aromatic heterocycles. The molecule has 0 aromatic carbocycles. The van der Waals surface area contributed by atoms with Crippen LogP contribution in [-0.2, 0) is 19.4 Å². The van der Waals surface area contributed by atoms with Crippen LogP contribution in [0.4, 0.5) is 0 Å². The predicted octanol–water partition coefficient (Wildman–Crippen LogP) is 2.94. The third-order valence-electron chi connectivity index (χ3n) is 5.58. The summed E-state index contributed by atoms with van der Waals surface area (Å²) in [5.41, 5.74) is 3.01. The van der Waals surface area contributed by atoms with Crippen LogP contribution < -0.4 is 5.32 Å². The standard InChI is InChI=1S/C20H32N4O/c1-4-13-24-18-12-11-16(21-15-9-7-5-6-8-10-15)14-17(18)19(22-24)20(25)23(2)3/h4,15-16,21H,1,5-14H2,2-3H3/t16-/m1/s1. The van der Waals surface area contributed by atoms with Gasteiger partial charge in [-0.2, -0.15) is 5.10 Å². The first-order chi connectivity index (χ1) is 12.1. The van der Waals surface area contributed by atoms with Crippen LogP contribution in [0, 0.1) is 0 Å². The fourth-order valence-electron chi connectivity index (χ4n) is 4.27. The fourth-order valence-corrected chi connectivity index (χ4v) is 4.27. The van der Waals surface area contributed by atoms with Gasteiger partial charge in [-0.05, 0) is 32.1 Å². The summed E-state index contributed by atoms with van der Waals surface area (Å²) in [4.78, 5) is 14.2. The Balaban J connectivity index is 1.78. The molecule has 1 saturated carbocycles. The van der Waals surface area contributed by atoms with Crippen molar-refractivity contribution in [2.75, 3.05) is 14.1 Å². The van der Waals surface area contributed by atoms with Gasteiger partial charge in [-0.15, -0.1) is 6.58 Å². The second-order valence-corrected chi connectivity index (χ2v) is 7.74. The van der Waals surface area contributed by atoms with Crippen LogP contribution in [0.5, 0.6) is 0 Å². The van der Waals surface area contributed by atoms with Gasteiger partial charge >= 0.3 is 0 Å². The van der Waals surface area contributed by atoms with Crippen molar-refractivity contribution in [1.29, 1.82) is 0 Å². The highest BCUT2D eigenvalue weighted by molar-refractivity contribution is 5.93. The van der Waals surface area contributed by atoms with E-state index in [1.54, 1.807) is 19.0 Å². The Kier molecular flexibility index (Phi) is 5.94. The Morgan fingerprint density at radius 1 is 1.24 bits per heavy atom. The smallest absolute Gasteiger partial charge is 0.274 e. The number of hydrogen-bond donors (Lipinski definition) is 1. The van der Waals surface area contributed by atoms with Crippen molar-refractivity contribution in [3.63, 3.8) is 0 Å². The van der Waals surface area contributed by atoms with E-state index in [0.717, 1.165) is 24.8 Å². The maximum Gasteiger partial charge on any atom is 0.274 e. The Bertz CT molecular complexity index is 611. The molecule has 1 N–H and O–H groups in total. The van der Waals surface area contributed by atoms with Gasteiger partial charge in [0.2, 0.25) is 0 Å². The van der Waals surface area contributed by atoms with Gasteiger partial charge in [0.05, 0.1) is 6.54 Å². The second kappa shape index (κ2) is 8.17. The van der Waals surface area contributed by atoms with Crippen LogP contribution >= 0.6 is 0 Å². The Morgan fingerprint density at radius 2 is 1.96 bits per heavy atom. The van der Waals surface area contributed by atoms with E-state index in [9.17, 15) is 4.79 Å². The van der Waals surface area contributed by atoms with E-state index >= 15 is 0 Å². The van der Waals surface area contributed by atoms with Crippen molar-refractivity contribution in [3.05, 3.63) is 29.6 Å². The van der Waals surface area contributed by atoms with Gasteiger partial charge in [-0.1, -0.05) is 31.8 Å². The van der Waals surface area contributed by atoms with E-state index < -0.39 is 0 Å². The van der Waals surface area contributed by atoms with E-state index in [2.05, 4.69) is 17.0 Å². The molecule has 1 atom stereocenters. The van der Waals surface area contributed by atoms with E-state index in [1.807, 2.05) is 10.8 Å². The van der Waals surface area contributed by atoms with Crippen molar-refractivity contribution in [1.82, 2.24) is 20.0 Å². The molecule has 2 aliphatic carbocycles. The Morgan fingerprint density at radius 3 is 2.60 bits per heavy atom. The molecule has 5 nitrogen and oxygen atoms in total. The lowest BCUT2D eigenvalue weighted by Gasteiger charge is -2.29. The quantitative estimate of drug-likeness (QED) is 0.660. The number of nitrogens with zero attached hydrogens (tertiary/aromatic N) is 3. The molecule has 0 spiro atoms. The minimum absolute atomic E-state index is 0.00850. The van der Waals surface area contributed by atoms with Crippen LogP contribution in [-0.4, -0.2) is 46.8 Å². The summed E-state index contributed by atoms with van der Waals surface area (Å²) in [6.45, 7) is 4.50. The maximum atomic E-state index is 12.6. The van der Waals surface area contributed by atoms with Gasteiger partial charge in [-0.3, -0.25) is 9.48 Å². The topological polar surface area (TPSA) is 50.2 Å². The molecule has 3 rings (SSSR count). The summed E-state index contributed by atoms with van der Waals surface area (Å²) in [6, 6.07) is 1.11. The van der Waals surface area contributed by atoms with Gasteiger partial charge < -0.3 is 10.2 Å². The van der Waals surface area contributed by atoms with Crippen LogP contribution in [0.15, 0.2) is 12.7 Å². The summed E-state index contributed by atoms with van der Waals surface area (Å²) in [7, 11) is 3.59. The van der Waals surface area contributed by atoms with Crippen molar-refractivity contribution in [2.24, 2.45) is 0 Å². The van der Waals surface area contributed by atoms with Gasteiger partial charge in [0.15, 0.2) is 5.69 Å². The van der Waals surface area contributed by atoms with E-state index in [0.29, 0.717) is 24.3 Å². The Hall–Kier alpha value is -1.62. The lowest BCUT2D eigenvalue weighted by molar-refractivity contribution is 0.0820. The van der Waals surface area contributed by atoms with Crippen molar-refractivity contribution < 1.29 is 4.79 Å². The van der Waals surface area contributed by atoms with E-state index in [1.165, 1.54) is 44.2 Å². The highest BCUT2D eigenvalue weighted by Crippen LogP contribution is 2.27. The summed E-state index contributed by atoms with van der Waals surface area (Å²) >= 11 is 0. The fraction of sp³-hybridized carbons (Fsp3) is 0.700. The first-order valence-corrected chi connectivity index (χ1v) is 9.77. The first kappa shape index (κ1) is 18.2. The summed E-state index contributed by atoms with van der Waals surface area (Å²) in [5.74, 6) is 0.00850. The molecule has 0 saturated heterocycles. The molecule has 1 heterocycles. The zero-order valence-electron chi connectivity index (χ0n) is 15.8. The average Bonchev–Trinajstić information content (AvgIpc) is 2.77. The summed E-state index contributed by atoms with van der Waals surface area (Å²) in [5, 5.41) is 8.52. The number of hydrogen-bond acceptors (Lipinski definition) is 3. The molecule has 2 aliphatic rings. The largest absolute Gasteiger partial charge is 0.343 e. The number of carbonyl (C=O) groups is 1. The summed E-state index contributed by atoms with van der Waals surface area (Å²) in [6.07, 6.45) is 12.9. The third kappa shape index (κ3) is 4.14. The lowest BCUT2D eigenvalue weighted by atomic mass is 9.90. The molecule has 138 valence electrons. The van der Waals surface area contributed by atoms with Crippen LogP contribution in [0.1, 0.15) is 66.7 Å². The minimum atomic E-state index is 0.00850. The van der Waals surface area contributed by atoms with Gasteiger partial charge in [-0.25, -0.2) is 0 Å². The highest BCUT2D eigenvalue weighted by atomic mass is 16.2. The minimum Gasteiger partial charge on any atom is -0.343 e. The van der Waals surface area contributed by atoms with Gasteiger partial charge in [0.25, 0.3) is 5.91 Å². The molecule has 0 bridgehead atoms. The molecule has 0 aliphatic heterocycles. The second-order valence-electron chi connectivity index (χ2n) is 7.74. The normalized spacial score (nSPS) is 21.4. The van der Waals surface area contributed by atoms with Crippen LogP contribution in [0.2, 0.25) is 0 Å². The Labute approximate surface area is 151 Å². The molecule has 5 heteroatoms. The van der Waals surface area contributed by atoms with Gasteiger partial charge in [0, 0.05) is 37.4 Å². The molecular formula is C20H32N4O. The van der Waals surface area contributed by atoms with Crippen molar-refractivity contribution >= 4 is 5.91 Å². The van der Waals surface area contributed by atoms with Crippen molar-refractivity contribution in [3.8, 4) is 0 Å². The number of aromatic nitrogens is 2. The molecular weight excluding hydrogens is 312 g/mol. The number of fused-ring (bicyclic) bond motifs is 1. The number of nitrogens with one attached hydrogen (secondary N) is 1. The van der Waals surface area contributed by atoms with E-state index in [-0.39, 0.29) is 5.91 Å². The summed E-state index contributed by atoms with van der Waals surface area (Å²) < 4.78 is 1.97. The molecule has 0 unspecified atom stereocenters. The zero-order chi connectivity index (χ0) is 17.8. The van der Waals surface area contributed by atoms with Crippen LogP contribution in [0.25, 0.3) is 0 Å².